The van der Waals surface area contributed by atoms with Gasteiger partial charge in [0, 0.05) is 51.8 Å². The van der Waals surface area contributed by atoms with Crippen LogP contribution in [-0.2, 0) is 6.54 Å². The van der Waals surface area contributed by atoms with Gasteiger partial charge in [-0.1, -0.05) is 42.5 Å². The molecule has 1 aliphatic heterocycles. The lowest BCUT2D eigenvalue weighted by Gasteiger charge is -2.35. The molecular weight excluding hydrogens is 429 g/mol. The Kier molecular flexibility index (Phi) is 8.13. The van der Waals surface area contributed by atoms with Crippen molar-refractivity contribution in [3.05, 3.63) is 95.3 Å². The molecule has 0 aromatic heterocycles. The number of nitrogens with zero attached hydrogens (tertiary/aromatic N) is 3. The maximum atomic E-state index is 13.5. The van der Waals surface area contributed by atoms with E-state index in [2.05, 4.69) is 46.2 Å². The standard InChI is InChI=1S/C28H30FN3O2/c1-33-28-19-23(20-30)7-12-27(28)34-26(24-8-10-25(29)11-9-24)13-14-31-15-17-32(18-16-31)21-22-5-3-2-4-6-22/h2-12,19,26H,13-18,21H2,1H3. The van der Waals surface area contributed by atoms with Crippen LogP contribution in [0.2, 0.25) is 0 Å². The number of rotatable bonds is 9. The minimum atomic E-state index is -0.270. The van der Waals surface area contributed by atoms with Gasteiger partial charge in [-0.25, -0.2) is 4.39 Å². The van der Waals surface area contributed by atoms with Gasteiger partial charge in [-0.05, 0) is 35.4 Å². The van der Waals surface area contributed by atoms with Crippen LogP contribution in [0.4, 0.5) is 4.39 Å². The van der Waals surface area contributed by atoms with Gasteiger partial charge in [0.1, 0.15) is 11.9 Å². The van der Waals surface area contributed by atoms with Crippen molar-refractivity contribution < 1.29 is 13.9 Å². The van der Waals surface area contributed by atoms with Crippen LogP contribution in [0.25, 0.3) is 0 Å². The summed E-state index contributed by atoms with van der Waals surface area (Å²) in [5.74, 6) is 0.817. The molecule has 34 heavy (non-hydrogen) atoms. The summed E-state index contributed by atoms with van der Waals surface area (Å²) in [6.45, 7) is 5.92. The first-order valence-corrected chi connectivity index (χ1v) is 11.6. The van der Waals surface area contributed by atoms with Crippen LogP contribution in [0.1, 0.15) is 29.2 Å². The van der Waals surface area contributed by atoms with E-state index in [9.17, 15) is 9.65 Å². The van der Waals surface area contributed by atoms with Gasteiger partial charge in [0.2, 0.25) is 0 Å². The van der Waals surface area contributed by atoms with E-state index in [4.69, 9.17) is 9.47 Å². The fourth-order valence-electron chi connectivity index (χ4n) is 4.27. The van der Waals surface area contributed by atoms with Crippen LogP contribution in [0.3, 0.4) is 0 Å². The van der Waals surface area contributed by atoms with Gasteiger partial charge in [-0.2, -0.15) is 5.26 Å². The second-order valence-electron chi connectivity index (χ2n) is 8.53. The highest BCUT2D eigenvalue weighted by atomic mass is 19.1. The van der Waals surface area contributed by atoms with Crippen molar-refractivity contribution >= 4 is 0 Å². The highest BCUT2D eigenvalue weighted by molar-refractivity contribution is 5.47. The number of methoxy groups -OCH3 is 1. The Hall–Kier alpha value is -3.40. The second kappa shape index (κ2) is 11.6. The molecule has 1 aliphatic rings. The van der Waals surface area contributed by atoms with Crippen LogP contribution in [0.5, 0.6) is 11.5 Å². The Labute approximate surface area is 200 Å². The van der Waals surface area contributed by atoms with E-state index in [1.165, 1.54) is 17.7 Å². The molecular formula is C28H30FN3O2. The molecule has 0 bridgehead atoms. The summed E-state index contributed by atoms with van der Waals surface area (Å²) < 4.78 is 25.4. The summed E-state index contributed by atoms with van der Waals surface area (Å²) in [7, 11) is 1.56. The van der Waals surface area contributed by atoms with Crippen LogP contribution in [-0.4, -0.2) is 49.6 Å². The van der Waals surface area contributed by atoms with Gasteiger partial charge in [0.05, 0.1) is 18.7 Å². The molecule has 176 valence electrons. The monoisotopic (exact) mass is 459 g/mol. The predicted molar refractivity (Wildman–Crippen MR) is 130 cm³/mol. The van der Waals surface area contributed by atoms with Gasteiger partial charge in [-0.15, -0.1) is 0 Å². The van der Waals surface area contributed by atoms with Gasteiger partial charge >= 0.3 is 0 Å². The first kappa shape index (κ1) is 23.7. The van der Waals surface area contributed by atoms with Crippen molar-refractivity contribution in [2.24, 2.45) is 0 Å². The number of piperazine rings is 1. The predicted octanol–water partition coefficient (Wildman–Crippen LogP) is 5.03. The van der Waals surface area contributed by atoms with Gasteiger partial charge < -0.3 is 14.4 Å². The van der Waals surface area contributed by atoms with Crippen molar-refractivity contribution in [1.82, 2.24) is 9.80 Å². The summed E-state index contributed by atoms with van der Waals surface area (Å²) >= 11 is 0. The molecule has 0 saturated carbocycles. The molecule has 0 N–H and O–H groups in total. The molecule has 1 saturated heterocycles. The van der Waals surface area contributed by atoms with E-state index in [0.717, 1.165) is 51.3 Å². The van der Waals surface area contributed by atoms with E-state index < -0.39 is 0 Å². The maximum Gasteiger partial charge on any atom is 0.162 e. The Morgan fingerprint density at radius 2 is 1.62 bits per heavy atom. The average molecular weight is 460 g/mol. The molecule has 1 atom stereocenters. The molecule has 1 fully saturated rings. The lowest BCUT2D eigenvalue weighted by atomic mass is 10.1. The molecule has 1 heterocycles. The number of nitriles is 1. The lowest BCUT2D eigenvalue weighted by Crippen LogP contribution is -2.46. The number of benzene rings is 3. The van der Waals surface area contributed by atoms with Crippen molar-refractivity contribution in [1.29, 1.82) is 5.26 Å². The van der Waals surface area contributed by atoms with Crippen molar-refractivity contribution in [3.8, 4) is 17.6 Å². The number of hydrogen-bond acceptors (Lipinski definition) is 5. The Morgan fingerprint density at radius 3 is 2.29 bits per heavy atom. The van der Waals surface area contributed by atoms with Crippen molar-refractivity contribution in [3.63, 3.8) is 0 Å². The fourth-order valence-corrected chi connectivity index (χ4v) is 4.27. The van der Waals surface area contributed by atoms with Crippen LogP contribution < -0.4 is 9.47 Å². The zero-order valence-corrected chi connectivity index (χ0v) is 19.5. The van der Waals surface area contributed by atoms with Crippen molar-refractivity contribution in [2.45, 2.75) is 19.1 Å². The zero-order valence-electron chi connectivity index (χ0n) is 19.5. The van der Waals surface area contributed by atoms with E-state index in [0.29, 0.717) is 17.1 Å². The quantitative estimate of drug-likeness (QED) is 0.449. The molecule has 0 aliphatic carbocycles. The minimum absolute atomic E-state index is 0.259. The summed E-state index contributed by atoms with van der Waals surface area (Å²) in [6, 6.07) is 24.3. The molecule has 4 rings (SSSR count). The second-order valence-corrected chi connectivity index (χ2v) is 8.53. The van der Waals surface area contributed by atoms with E-state index in [-0.39, 0.29) is 11.9 Å². The Bertz CT molecular complexity index is 1090. The van der Waals surface area contributed by atoms with Gasteiger partial charge in [0.25, 0.3) is 0 Å². The third-order valence-electron chi connectivity index (χ3n) is 6.23. The summed E-state index contributed by atoms with van der Waals surface area (Å²) in [5, 5.41) is 9.17. The first-order valence-electron chi connectivity index (χ1n) is 11.6. The van der Waals surface area contributed by atoms with Crippen molar-refractivity contribution in [2.75, 3.05) is 39.8 Å². The smallest absolute Gasteiger partial charge is 0.162 e. The highest BCUT2D eigenvalue weighted by Crippen LogP contribution is 2.33. The molecule has 0 radical (unpaired) electrons. The fraction of sp³-hybridized carbons (Fsp3) is 0.321. The molecule has 3 aromatic rings. The highest BCUT2D eigenvalue weighted by Gasteiger charge is 2.21. The molecule has 0 spiro atoms. The van der Waals surface area contributed by atoms with Crippen LogP contribution in [0, 0.1) is 17.1 Å². The molecule has 5 nitrogen and oxygen atoms in total. The molecule has 3 aromatic carbocycles. The summed E-state index contributed by atoms with van der Waals surface area (Å²) in [4.78, 5) is 4.94. The van der Waals surface area contributed by atoms with Gasteiger partial charge in [0.15, 0.2) is 11.5 Å². The molecule has 1 unspecified atom stereocenters. The maximum absolute atomic E-state index is 13.5. The molecule has 0 amide bonds. The SMILES string of the molecule is COc1cc(C#N)ccc1OC(CCN1CCN(Cc2ccccc2)CC1)c1ccc(F)cc1. The van der Waals surface area contributed by atoms with E-state index >= 15 is 0 Å². The third kappa shape index (κ3) is 6.34. The number of hydrogen-bond donors (Lipinski definition) is 0. The number of halogens is 1. The largest absolute Gasteiger partial charge is 0.493 e. The summed E-state index contributed by atoms with van der Waals surface area (Å²) in [5.41, 5.74) is 2.77. The zero-order chi connectivity index (χ0) is 23.8. The Balaban J connectivity index is 1.39. The Morgan fingerprint density at radius 1 is 0.912 bits per heavy atom. The minimum Gasteiger partial charge on any atom is -0.493 e. The normalized spacial score (nSPS) is 15.4. The van der Waals surface area contributed by atoms with Crippen LogP contribution >= 0.6 is 0 Å². The summed E-state index contributed by atoms with van der Waals surface area (Å²) in [6.07, 6.45) is 0.498. The number of ether oxygens (including phenoxy) is 2. The van der Waals surface area contributed by atoms with Crippen LogP contribution in [0.15, 0.2) is 72.8 Å². The topological polar surface area (TPSA) is 48.7 Å². The third-order valence-corrected chi connectivity index (χ3v) is 6.23. The first-order chi connectivity index (χ1) is 16.6. The average Bonchev–Trinajstić information content (AvgIpc) is 2.88. The lowest BCUT2D eigenvalue weighted by molar-refractivity contribution is 0.106. The van der Waals surface area contributed by atoms with Gasteiger partial charge in [-0.3, -0.25) is 4.90 Å². The van der Waals surface area contributed by atoms with E-state index in [1.807, 2.05) is 0 Å². The van der Waals surface area contributed by atoms with E-state index in [1.54, 1.807) is 37.4 Å². The molecule has 6 heteroatoms.